The molecule has 0 atom stereocenters. The number of thiazole rings is 1. The summed E-state index contributed by atoms with van der Waals surface area (Å²) in [5, 5.41) is 8.41. The quantitative estimate of drug-likeness (QED) is 0.266. The summed E-state index contributed by atoms with van der Waals surface area (Å²) in [6.07, 6.45) is 6.63. The highest BCUT2D eigenvalue weighted by Crippen LogP contribution is 2.32. The zero-order chi connectivity index (χ0) is 26.2. The number of ether oxygens (including phenoxy) is 1. The van der Waals surface area contributed by atoms with E-state index in [9.17, 15) is 9.59 Å². The molecular formula is C27H34N6O3S. The van der Waals surface area contributed by atoms with Crippen molar-refractivity contribution in [2.45, 2.75) is 32.7 Å². The Labute approximate surface area is 221 Å². The fourth-order valence-corrected chi connectivity index (χ4v) is 5.17. The third kappa shape index (κ3) is 6.26. The van der Waals surface area contributed by atoms with Crippen LogP contribution in [0, 0.1) is 0 Å². The lowest BCUT2D eigenvalue weighted by Crippen LogP contribution is -2.43. The maximum absolute atomic E-state index is 13.1. The van der Waals surface area contributed by atoms with Gasteiger partial charge in [0.1, 0.15) is 11.4 Å². The molecule has 1 saturated heterocycles. The zero-order valence-electron chi connectivity index (χ0n) is 21.5. The van der Waals surface area contributed by atoms with Gasteiger partial charge in [-0.25, -0.2) is 4.98 Å². The lowest BCUT2D eigenvalue weighted by atomic mass is 10.1. The number of carbonyl (C=O) groups is 2. The monoisotopic (exact) mass is 522 g/mol. The second-order valence-electron chi connectivity index (χ2n) is 8.86. The lowest BCUT2D eigenvalue weighted by Gasteiger charge is -2.31. The van der Waals surface area contributed by atoms with Crippen molar-refractivity contribution in [3.8, 4) is 5.75 Å². The van der Waals surface area contributed by atoms with Gasteiger partial charge in [-0.1, -0.05) is 26.3 Å². The van der Waals surface area contributed by atoms with Crippen molar-refractivity contribution < 1.29 is 14.3 Å². The van der Waals surface area contributed by atoms with E-state index >= 15 is 0 Å². The van der Waals surface area contributed by atoms with Gasteiger partial charge in [-0.05, 0) is 36.3 Å². The highest BCUT2D eigenvalue weighted by Gasteiger charge is 2.31. The number of aromatic nitrogens is 1. The number of amides is 2. The summed E-state index contributed by atoms with van der Waals surface area (Å²) < 4.78 is 5.85. The zero-order valence-corrected chi connectivity index (χ0v) is 22.3. The van der Waals surface area contributed by atoms with E-state index in [0.717, 1.165) is 62.5 Å². The van der Waals surface area contributed by atoms with E-state index in [1.165, 1.54) is 11.3 Å². The topological polar surface area (TPSA) is 99.2 Å². The van der Waals surface area contributed by atoms with Crippen LogP contribution in [0.3, 0.4) is 0 Å². The SMILES string of the molecule is C=C/C(=C(\C=NC)NC(=O)c1csc(N2Cc3cc(OCCCCC)ccc3C2=O)n1)N1CCNCC1. The van der Waals surface area contributed by atoms with Gasteiger partial charge in [0.05, 0.1) is 24.5 Å². The van der Waals surface area contributed by atoms with Gasteiger partial charge >= 0.3 is 0 Å². The number of hydrogen-bond donors (Lipinski definition) is 2. The van der Waals surface area contributed by atoms with E-state index in [4.69, 9.17) is 4.74 Å². The first kappa shape index (κ1) is 26.6. The van der Waals surface area contributed by atoms with Crippen LogP contribution in [0.15, 0.2) is 52.6 Å². The first-order valence-corrected chi connectivity index (χ1v) is 13.5. The number of anilines is 1. The third-order valence-corrected chi connectivity index (χ3v) is 7.15. The molecule has 9 nitrogen and oxygen atoms in total. The van der Waals surface area contributed by atoms with E-state index in [2.05, 4.69) is 39.0 Å². The number of aliphatic imine (C=N–C) groups is 1. The van der Waals surface area contributed by atoms with E-state index in [0.29, 0.717) is 29.5 Å². The Hall–Kier alpha value is -3.50. The van der Waals surface area contributed by atoms with Gasteiger partial charge < -0.3 is 20.3 Å². The predicted octanol–water partition coefficient (Wildman–Crippen LogP) is 3.61. The Kier molecular flexibility index (Phi) is 9.08. The van der Waals surface area contributed by atoms with Crippen LogP contribution in [0.1, 0.15) is 52.6 Å². The number of unbranched alkanes of at least 4 members (excludes halogenated alkanes) is 2. The molecule has 1 fully saturated rings. The molecule has 10 heteroatoms. The van der Waals surface area contributed by atoms with E-state index in [-0.39, 0.29) is 17.5 Å². The fraction of sp³-hybridized carbons (Fsp3) is 0.407. The maximum Gasteiger partial charge on any atom is 0.275 e. The smallest absolute Gasteiger partial charge is 0.275 e. The number of piperazine rings is 1. The number of carbonyl (C=O) groups excluding carboxylic acids is 2. The van der Waals surface area contributed by atoms with Crippen LogP contribution in [-0.4, -0.2) is 67.7 Å². The van der Waals surface area contributed by atoms with Gasteiger partial charge in [-0.15, -0.1) is 11.3 Å². The van der Waals surface area contributed by atoms with Crippen LogP contribution in [0.25, 0.3) is 0 Å². The molecule has 2 aromatic rings. The molecule has 0 saturated carbocycles. The third-order valence-electron chi connectivity index (χ3n) is 6.29. The van der Waals surface area contributed by atoms with Gasteiger partial charge in [0, 0.05) is 50.4 Å². The summed E-state index contributed by atoms with van der Waals surface area (Å²) in [6.45, 7) is 10.5. The molecule has 3 heterocycles. The van der Waals surface area contributed by atoms with Gasteiger partial charge in [0.2, 0.25) is 0 Å². The Bertz CT molecular complexity index is 1200. The molecule has 4 rings (SSSR count). The Morgan fingerprint density at radius 2 is 2.14 bits per heavy atom. The average Bonchev–Trinajstić information content (AvgIpc) is 3.53. The summed E-state index contributed by atoms with van der Waals surface area (Å²) in [5.74, 6) is 0.280. The molecule has 2 aliphatic heterocycles. The van der Waals surface area contributed by atoms with Crippen LogP contribution in [-0.2, 0) is 6.54 Å². The lowest BCUT2D eigenvalue weighted by molar-refractivity contribution is 0.0959. The van der Waals surface area contributed by atoms with Crippen LogP contribution in [0.5, 0.6) is 5.75 Å². The van der Waals surface area contributed by atoms with Gasteiger partial charge in [0.25, 0.3) is 11.8 Å². The largest absolute Gasteiger partial charge is 0.494 e. The van der Waals surface area contributed by atoms with Crippen molar-refractivity contribution in [2.24, 2.45) is 4.99 Å². The number of benzene rings is 1. The summed E-state index contributed by atoms with van der Waals surface area (Å²) >= 11 is 1.27. The minimum atomic E-state index is -0.362. The van der Waals surface area contributed by atoms with Crippen molar-refractivity contribution in [1.82, 2.24) is 20.5 Å². The van der Waals surface area contributed by atoms with Crippen molar-refractivity contribution >= 4 is 34.5 Å². The standard InChI is InChI=1S/C27H34N6O3S/c1-4-6-7-14-36-20-8-9-21-19(15-20)17-33(26(21)35)27-31-23(18-37-27)25(34)30-22(16-28-3)24(5-2)32-12-10-29-11-13-32/h5,8-9,15-16,18,29H,2,4,6-7,10-14,17H2,1,3H3,(H,30,34)/b24-22-,28-16?. The van der Waals surface area contributed by atoms with Crippen LogP contribution in [0.4, 0.5) is 5.13 Å². The van der Waals surface area contributed by atoms with Crippen molar-refractivity contribution in [1.29, 1.82) is 0 Å². The van der Waals surface area contributed by atoms with Crippen molar-refractivity contribution in [3.63, 3.8) is 0 Å². The predicted molar refractivity (Wildman–Crippen MR) is 148 cm³/mol. The summed E-state index contributed by atoms with van der Waals surface area (Å²) in [5.41, 5.74) is 3.16. The van der Waals surface area contributed by atoms with Crippen LogP contribution < -0.4 is 20.3 Å². The molecule has 2 amide bonds. The number of nitrogens with zero attached hydrogens (tertiary/aromatic N) is 4. The number of allylic oxidation sites excluding steroid dienone is 2. The number of rotatable bonds is 11. The Morgan fingerprint density at radius 1 is 1.32 bits per heavy atom. The van der Waals surface area contributed by atoms with E-state index < -0.39 is 0 Å². The van der Waals surface area contributed by atoms with Gasteiger partial charge in [-0.3, -0.25) is 19.5 Å². The molecule has 2 aliphatic rings. The van der Waals surface area contributed by atoms with Crippen LogP contribution in [0.2, 0.25) is 0 Å². The maximum atomic E-state index is 13.1. The molecule has 0 aliphatic carbocycles. The van der Waals surface area contributed by atoms with Crippen LogP contribution >= 0.6 is 11.3 Å². The minimum Gasteiger partial charge on any atom is -0.494 e. The molecule has 1 aromatic heterocycles. The first-order chi connectivity index (χ1) is 18.0. The second kappa shape index (κ2) is 12.6. The molecule has 0 radical (unpaired) electrons. The van der Waals surface area contributed by atoms with Crippen molar-refractivity contribution in [2.75, 3.05) is 44.7 Å². The molecular weight excluding hydrogens is 488 g/mol. The van der Waals surface area contributed by atoms with Gasteiger partial charge in [-0.2, -0.15) is 0 Å². The van der Waals surface area contributed by atoms with E-state index in [1.54, 1.807) is 29.6 Å². The molecule has 2 N–H and O–H groups in total. The Morgan fingerprint density at radius 3 is 2.86 bits per heavy atom. The molecule has 37 heavy (non-hydrogen) atoms. The minimum absolute atomic E-state index is 0.125. The van der Waals surface area contributed by atoms with Crippen molar-refractivity contribution in [3.05, 3.63) is 64.4 Å². The fourth-order valence-electron chi connectivity index (χ4n) is 4.37. The highest BCUT2D eigenvalue weighted by molar-refractivity contribution is 7.14. The first-order valence-electron chi connectivity index (χ1n) is 12.6. The molecule has 0 bridgehead atoms. The number of nitrogens with one attached hydrogen (secondary N) is 2. The molecule has 0 spiro atoms. The number of fused-ring (bicyclic) bond motifs is 1. The average molecular weight is 523 g/mol. The summed E-state index contributed by atoms with van der Waals surface area (Å²) in [6, 6.07) is 5.57. The van der Waals surface area contributed by atoms with Gasteiger partial charge in [0.15, 0.2) is 5.13 Å². The van der Waals surface area contributed by atoms with E-state index in [1.807, 2.05) is 18.2 Å². The normalized spacial score (nSPS) is 16.1. The summed E-state index contributed by atoms with van der Waals surface area (Å²) in [4.78, 5) is 38.5. The molecule has 196 valence electrons. The second-order valence-corrected chi connectivity index (χ2v) is 9.70. The summed E-state index contributed by atoms with van der Waals surface area (Å²) in [7, 11) is 1.66. The number of hydrogen-bond acceptors (Lipinski definition) is 8. The molecule has 0 unspecified atom stereocenters. The molecule has 1 aromatic carbocycles. The highest BCUT2D eigenvalue weighted by atomic mass is 32.1. The Balaban J connectivity index is 1.46.